The van der Waals surface area contributed by atoms with Gasteiger partial charge in [-0.3, -0.25) is 5.32 Å². The Morgan fingerprint density at radius 1 is 1.28 bits per heavy atom. The Kier molecular flexibility index (Phi) is 4.82. The van der Waals surface area contributed by atoms with Crippen LogP contribution in [-0.2, 0) is 4.74 Å². The van der Waals surface area contributed by atoms with Crippen LogP contribution in [0.1, 0.15) is 6.92 Å². The zero-order valence-electron chi connectivity index (χ0n) is 9.58. The molecule has 1 N–H and O–H groups in total. The molecule has 0 aromatic heterocycles. The summed E-state index contributed by atoms with van der Waals surface area (Å²) in [5.74, 6) is 0.0710. The Balaban J connectivity index is 2.50. The summed E-state index contributed by atoms with van der Waals surface area (Å²) < 4.78 is 44.8. The molecule has 0 heterocycles. The molecule has 1 amide bonds. The van der Waals surface area contributed by atoms with Gasteiger partial charge >= 0.3 is 12.3 Å². The molecule has 4 nitrogen and oxygen atoms in total. The smallest absolute Gasteiger partial charge is 0.422 e. The summed E-state index contributed by atoms with van der Waals surface area (Å²) in [5.41, 5.74) is 0.410. The largest absolute Gasteiger partial charge is 0.484 e. The Morgan fingerprint density at radius 3 is 2.39 bits per heavy atom. The molecule has 0 fully saturated rings. The third kappa shape index (κ3) is 5.42. The van der Waals surface area contributed by atoms with Crippen LogP contribution in [0.2, 0.25) is 0 Å². The number of ether oxygens (including phenoxy) is 2. The number of rotatable bonds is 4. The first kappa shape index (κ1) is 14.1. The Labute approximate surface area is 102 Å². The summed E-state index contributed by atoms with van der Waals surface area (Å²) in [6.07, 6.45) is -5.00. The Hall–Kier alpha value is -1.92. The lowest BCUT2D eigenvalue weighted by atomic mass is 10.3. The fraction of sp³-hybridized carbons (Fsp3) is 0.364. The van der Waals surface area contributed by atoms with Gasteiger partial charge in [-0.05, 0) is 31.2 Å². The number of hydrogen-bond acceptors (Lipinski definition) is 3. The lowest BCUT2D eigenvalue weighted by Crippen LogP contribution is -2.19. The van der Waals surface area contributed by atoms with Gasteiger partial charge in [0.2, 0.25) is 0 Å². The highest BCUT2D eigenvalue weighted by Crippen LogP contribution is 2.20. The molecule has 0 spiro atoms. The molecule has 0 aliphatic carbocycles. The number of alkyl halides is 3. The van der Waals surface area contributed by atoms with Crippen LogP contribution in [0.3, 0.4) is 0 Å². The SMILES string of the molecule is CCOC(=O)Nc1ccc(OCC(F)(F)F)cc1. The lowest BCUT2D eigenvalue weighted by molar-refractivity contribution is -0.153. The van der Waals surface area contributed by atoms with Gasteiger partial charge in [0.1, 0.15) is 5.75 Å². The van der Waals surface area contributed by atoms with Crippen LogP contribution in [0.25, 0.3) is 0 Å². The van der Waals surface area contributed by atoms with Crippen LogP contribution in [0.4, 0.5) is 23.7 Å². The van der Waals surface area contributed by atoms with Crippen molar-refractivity contribution in [3.05, 3.63) is 24.3 Å². The number of halogens is 3. The molecular weight excluding hydrogens is 251 g/mol. The average molecular weight is 263 g/mol. The Morgan fingerprint density at radius 2 is 1.89 bits per heavy atom. The third-order valence-electron chi connectivity index (χ3n) is 1.78. The van der Waals surface area contributed by atoms with E-state index in [0.29, 0.717) is 5.69 Å². The van der Waals surface area contributed by atoms with Crippen LogP contribution in [0.15, 0.2) is 24.3 Å². The minimum atomic E-state index is -4.37. The molecule has 0 atom stereocenters. The quantitative estimate of drug-likeness (QED) is 0.907. The van der Waals surface area contributed by atoms with E-state index in [-0.39, 0.29) is 12.4 Å². The van der Waals surface area contributed by atoms with Crippen molar-refractivity contribution in [1.29, 1.82) is 0 Å². The molecule has 0 aliphatic heterocycles. The number of amides is 1. The van der Waals surface area contributed by atoms with Gasteiger partial charge in [-0.15, -0.1) is 0 Å². The highest BCUT2D eigenvalue weighted by Gasteiger charge is 2.28. The zero-order valence-corrected chi connectivity index (χ0v) is 9.58. The maximum atomic E-state index is 11.9. The van der Waals surface area contributed by atoms with Crippen molar-refractivity contribution < 1.29 is 27.4 Å². The van der Waals surface area contributed by atoms with Gasteiger partial charge in [-0.2, -0.15) is 13.2 Å². The summed E-state index contributed by atoms with van der Waals surface area (Å²) >= 11 is 0. The number of carbonyl (C=O) groups excluding carboxylic acids is 1. The van der Waals surface area contributed by atoms with E-state index in [1.807, 2.05) is 0 Å². The maximum absolute atomic E-state index is 11.9. The normalized spacial score (nSPS) is 10.9. The molecule has 7 heteroatoms. The first-order valence-electron chi connectivity index (χ1n) is 5.14. The van der Waals surface area contributed by atoms with E-state index >= 15 is 0 Å². The van der Waals surface area contributed by atoms with E-state index in [1.54, 1.807) is 6.92 Å². The second kappa shape index (κ2) is 6.13. The molecule has 1 rings (SSSR count). The van der Waals surface area contributed by atoms with Gasteiger partial charge in [0.15, 0.2) is 6.61 Å². The molecule has 0 saturated heterocycles. The summed E-state index contributed by atoms with van der Waals surface area (Å²) in [4.78, 5) is 11.0. The average Bonchev–Trinajstić information content (AvgIpc) is 2.27. The van der Waals surface area contributed by atoms with Crippen LogP contribution in [-0.4, -0.2) is 25.5 Å². The van der Waals surface area contributed by atoms with Gasteiger partial charge in [0, 0.05) is 5.69 Å². The molecular formula is C11H12F3NO3. The topological polar surface area (TPSA) is 47.6 Å². The molecule has 100 valence electrons. The van der Waals surface area contributed by atoms with E-state index in [1.165, 1.54) is 24.3 Å². The summed E-state index contributed by atoms with van der Waals surface area (Å²) in [7, 11) is 0. The van der Waals surface area contributed by atoms with Gasteiger partial charge in [-0.1, -0.05) is 0 Å². The lowest BCUT2D eigenvalue weighted by Gasteiger charge is -2.10. The number of nitrogens with one attached hydrogen (secondary N) is 1. The predicted molar refractivity (Wildman–Crippen MR) is 58.6 cm³/mol. The van der Waals surface area contributed by atoms with Gasteiger partial charge in [0.25, 0.3) is 0 Å². The standard InChI is InChI=1S/C11H12F3NO3/c1-2-17-10(16)15-8-3-5-9(6-4-8)18-7-11(12,13)14/h3-6H,2,7H2,1H3,(H,15,16). The molecule has 0 radical (unpaired) electrons. The highest BCUT2D eigenvalue weighted by molar-refractivity contribution is 5.84. The molecule has 0 saturated carbocycles. The zero-order chi connectivity index (χ0) is 13.6. The second-order valence-corrected chi connectivity index (χ2v) is 3.27. The maximum Gasteiger partial charge on any atom is 0.422 e. The summed E-state index contributed by atoms with van der Waals surface area (Å²) in [6, 6.07) is 5.49. The van der Waals surface area contributed by atoms with Crippen molar-refractivity contribution in [2.75, 3.05) is 18.5 Å². The Bertz CT molecular complexity index is 390. The number of carbonyl (C=O) groups is 1. The molecule has 0 aliphatic rings. The van der Waals surface area contributed by atoms with Crippen molar-refractivity contribution in [3.8, 4) is 5.75 Å². The molecule has 0 unspecified atom stereocenters. The minimum absolute atomic E-state index is 0.0710. The van der Waals surface area contributed by atoms with Gasteiger partial charge < -0.3 is 9.47 Å². The van der Waals surface area contributed by atoms with Crippen molar-refractivity contribution in [2.24, 2.45) is 0 Å². The first-order chi connectivity index (χ1) is 8.40. The fourth-order valence-corrected chi connectivity index (χ4v) is 1.08. The van der Waals surface area contributed by atoms with Crippen molar-refractivity contribution >= 4 is 11.8 Å². The van der Waals surface area contributed by atoms with Crippen molar-refractivity contribution in [2.45, 2.75) is 13.1 Å². The molecule has 18 heavy (non-hydrogen) atoms. The van der Waals surface area contributed by atoms with Crippen LogP contribution < -0.4 is 10.1 Å². The molecule has 1 aromatic carbocycles. The molecule has 1 aromatic rings. The highest BCUT2D eigenvalue weighted by atomic mass is 19.4. The first-order valence-corrected chi connectivity index (χ1v) is 5.14. The predicted octanol–water partition coefficient (Wildman–Crippen LogP) is 3.20. The second-order valence-electron chi connectivity index (χ2n) is 3.27. The number of benzene rings is 1. The van der Waals surface area contributed by atoms with Crippen LogP contribution >= 0.6 is 0 Å². The molecule has 0 bridgehead atoms. The van der Waals surface area contributed by atoms with Crippen LogP contribution in [0, 0.1) is 0 Å². The fourth-order valence-electron chi connectivity index (χ4n) is 1.08. The van der Waals surface area contributed by atoms with E-state index in [0.717, 1.165) is 0 Å². The number of hydrogen-bond donors (Lipinski definition) is 1. The van der Waals surface area contributed by atoms with E-state index < -0.39 is 18.9 Å². The summed E-state index contributed by atoms with van der Waals surface area (Å²) in [6.45, 7) is 0.546. The number of anilines is 1. The minimum Gasteiger partial charge on any atom is -0.484 e. The van der Waals surface area contributed by atoms with E-state index in [4.69, 9.17) is 0 Å². The third-order valence-corrected chi connectivity index (χ3v) is 1.78. The van der Waals surface area contributed by atoms with Gasteiger partial charge in [0.05, 0.1) is 6.61 Å². The van der Waals surface area contributed by atoms with Crippen molar-refractivity contribution in [3.63, 3.8) is 0 Å². The van der Waals surface area contributed by atoms with Crippen LogP contribution in [0.5, 0.6) is 5.75 Å². The van der Waals surface area contributed by atoms with Gasteiger partial charge in [-0.25, -0.2) is 4.79 Å². The van der Waals surface area contributed by atoms with E-state index in [2.05, 4.69) is 14.8 Å². The monoisotopic (exact) mass is 263 g/mol. The van der Waals surface area contributed by atoms with Crippen molar-refractivity contribution in [1.82, 2.24) is 0 Å². The summed E-state index contributed by atoms with van der Waals surface area (Å²) in [5, 5.41) is 2.40. The van der Waals surface area contributed by atoms with E-state index in [9.17, 15) is 18.0 Å².